The first kappa shape index (κ1) is 11.8. The van der Waals surface area contributed by atoms with Crippen molar-refractivity contribution in [3.05, 3.63) is 35.5 Å². The van der Waals surface area contributed by atoms with E-state index in [9.17, 15) is 0 Å². The number of benzene rings is 1. The van der Waals surface area contributed by atoms with Gasteiger partial charge in [-0.15, -0.1) is 12.3 Å². The average molecular weight is 225 g/mol. The van der Waals surface area contributed by atoms with Crippen LogP contribution in [0.3, 0.4) is 0 Å². The number of aromatic amines is 1. The van der Waals surface area contributed by atoms with Crippen LogP contribution in [0.25, 0.3) is 10.9 Å². The first-order valence-electron chi connectivity index (χ1n) is 6.38. The second-order valence-corrected chi connectivity index (χ2v) is 4.44. The van der Waals surface area contributed by atoms with E-state index in [4.69, 9.17) is 6.42 Å². The van der Waals surface area contributed by atoms with Crippen molar-refractivity contribution in [3.63, 3.8) is 0 Å². The Hall–Kier alpha value is -1.68. The quantitative estimate of drug-likeness (QED) is 0.738. The molecule has 1 aromatic heterocycles. The number of aromatic nitrogens is 1. The minimum Gasteiger partial charge on any atom is -0.358 e. The van der Waals surface area contributed by atoms with Crippen molar-refractivity contribution in [1.82, 2.24) is 4.98 Å². The summed E-state index contributed by atoms with van der Waals surface area (Å²) in [6.45, 7) is 2.23. The van der Waals surface area contributed by atoms with Crippen molar-refractivity contribution in [1.29, 1.82) is 0 Å². The summed E-state index contributed by atoms with van der Waals surface area (Å²) in [5.74, 6) is 2.74. The van der Waals surface area contributed by atoms with Gasteiger partial charge in [0.2, 0.25) is 0 Å². The Morgan fingerprint density at radius 3 is 2.82 bits per heavy atom. The van der Waals surface area contributed by atoms with Gasteiger partial charge in [0.05, 0.1) is 0 Å². The van der Waals surface area contributed by atoms with Crippen LogP contribution in [0.4, 0.5) is 0 Å². The third-order valence-electron chi connectivity index (χ3n) is 3.20. The molecule has 0 aliphatic carbocycles. The third kappa shape index (κ3) is 2.53. The van der Waals surface area contributed by atoms with Crippen molar-refractivity contribution in [2.75, 3.05) is 0 Å². The molecule has 0 radical (unpaired) electrons. The Morgan fingerprint density at radius 2 is 2.06 bits per heavy atom. The molecule has 0 aliphatic rings. The molecule has 0 saturated carbocycles. The summed E-state index contributed by atoms with van der Waals surface area (Å²) in [6, 6.07) is 8.50. The summed E-state index contributed by atoms with van der Waals surface area (Å²) < 4.78 is 0. The van der Waals surface area contributed by atoms with Crippen molar-refractivity contribution in [3.8, 4) is 12.3 Å². The molecule has 0 saturated heterocycles. The van der Waals surface area contributed by atoms with E-state index in [1.165, 1.54) is 35.0 Å². The SMILES string of the molecule is C#CCCc1c(CCCC)[nH]c2ccccc12. The Labute approximate surface area is 103 Å². The maximum absolute atomic E-state index is 5.38. The lowest BCUT2D eigenvalue weighted by atomic mass is 10.0. The number of hydrogen-bond acceptors (Lipinski definition) is 0. The van der Waals surface area contributed by atoms with E-state index in [2.05, 4.69) is 42.1 Å². The van der Waals surface area contributed by atoms with Crippen LogP contribution in [0, 0.1) is 12.3 Å². The summed E-state index contributed by atoms with van der Waals surface area (Å²) in [5.41, 5.74) is 4.04. The van der Waals surface area contributed by atoms with Crippen LogP contribution in [0.15, 0.2) is 24.3 Å². The van der Waals surface area contributed by atoms with Gasteiger partial charge in [-0.25, -0.2) is 0 Å². The Balaban J connectivity index is 2.38. The van der Waals surface area contributed by atoms with Gasteiger partial charge in [0.1, 0.15) is 0 Å². The number of hydrogen-bond donors (Lipinski definition) is 1. The molecule has 1 N–H and O–H groups in total. The molecule has 0 aliphatic heterocycles. The third-order valence-corrected chi connectivity index (χ3v) is 3.20. The van der Waals surface area contributed by atoms with Crippen molar-refractivity contribution < 1.29 is 0 Å². The minimum absolute atomic E-state index is 0.820. The number of unbranched alkanes of at least 4 members (excludes halogenated alkanes) is 1. The van der Waals surface area contributed by atoms with Gasteiger partial charge in [-0.3, -0.25) is 0 Å². The first-order valence-corrected chi connectivity index (χ1v) is 6.38. The topological polar surface area (TPSA) is 15.8 Å². The van der Waals surface area contributed by atoms with Crippen molar-refractivity contribution in [2.24, 2.45) is 0 Å². The summed E-state index contributed by atoms with van der Waals surface area (Å²) >= 11 is 0. The number of terminal acetylenes is 1. The molecule has 1 aromatic carbocycles. The second kappa shape index (κ2) is 5.59. The molecule has 2 aromatic rings. The molecule has 88 valence electrons. The number of rotatable bonds is 5. The summed E-state index contributed by atoms with van der Waals surface area (Å²) in [6.07, 6.45) is 10.8. The lowest BCUT2D eigenvalue weighted by Gasteiger charge is -2.02. The molecule has 1 nitrogen and oxygen atoms in total. The highest BCUT2D eigenvalue weighted by Gasteiger charge is 2.09. The van der Waals surface area contributed by atoms with Gasteiger partial charge in [0.25, 0.3) is 0 Å². The highest BCUT2D eigenvalue weighted by molar-refractivity contribution is 5.84. The Morgan fingerprint density at radius 1 is 1.24 bits per heavy atom. The van der Waals surface area contributed by atoms with E-state index < -0.39 is 0 Å². The molecule has 1 heteroatoms. The fourth-order valence-electron chi connectivity index (χ4n) is 2.31. The average Bonchev–Trinajstić information content (AvgIpc) is 2.71. The summed E-state index contributed by atoms with van der Waals surface area (Å²) in [5, 5.41) is 1.34. The first-order chi connectivity index (χ1) is 8.36. The van der Waals surface area contributed by atoms with Crippen molar-refractivity contribution >= 4 is 10.9 Å². The number of nitrogens with one attached hydrogen (secondary N) is 1. The zero-order valence-electron chi connectivity index (χ0n) is 10.4. The van der Waals surface area contributed by atoms with Crippen molar-refractivity contribution in [2.45, 2.75) is 39.0 Å². The zero-order valence-corrected chi connectivity index (χ0v) is 10.4. The maximum atomic E-state index is 5.38. The molecule has 17 heavy (non-hydrogen) atoms. The Kier molecular flexibility index (Phi) is 3.88. The predicted octanol–water partition coefficient (Wildman–Crippen LogP) is 4.08. The van der Waals surface area contributed by atoms with Crippen LogP contribution in [-0.4, -0.2) is 4.98 Å². The van der Waals surface area contributed by atoms with E-state index in [0.29, 0.717) is 0 Å². The standard InChI is InChI=1S/C16H19N/c1-3-5-9-13-14-10-7-8-12-16(14)17-15(13)11-6-4-2/h1,7-8,10,12,17H,4-6,9,11H2,2H3. The predicted molar refractivity (Wildman–Crippen MR) is 74.1 cm³/mol. The van der Waals surface area contributed by atoms with E-state index in [0.717, 1.165) is 19.3 Å². The van der Waals surface area contributed by atoms with Gasteiger partial charge in [0, 0.05) is 23.0 Å². The lowest BCUT2D eigenvalue weighted by molar-refractivity contribution is 0.773. The summed E-state index contributed by atoms with van der Waals surface area (Å²) in [7, 11) is 0. The lowest BCUT2D eigenvalue weighted by Crippen LogP contribution is -1.92. The van der Waals surface area contributed by atoms with E-state index in [1.54, 1.807) is 0 Å². The van der Waals surface area contributed by atoms with E-state index >= 15 is 0 Å². The molecular weight excluding hydrogens is 206 g/mol. The smallest absolute Gasteiger partial charge is 0.0458 e. The van der Waals surface area contributed by atoms with Crippen LogP contribution in [0.5, 0.6) is 0 Å². The van der Waals surface area contributed by atoms with Crippen LogP contribution in [0.1, 0.15) is 37.4 Å². The second-order valence-electron chi connectivity index (χ2n) is 4.44. The number of para-hydroxylation sites is 1. The minimum atomic E-state index is 0.820. The number of fused-ring (bicyclic) bond motifs is 1. The molecule has 1 heterocycles. The normalized spacial score (nSPS) is 10.6. The van der Waals surface area contributed by atoms with Crippen LogP contribution >= 0.6 is 0 Å². The van der Waals surface area contributed by atoms with Gasteiger partial charge in [-0.2, -0.15) is 0 Å². The fourth-order valence-corrected chi connectivity index (χ4v) is 2.31. The number of H-pyrrole nitrogens is 1. The van der Waals surface area contributed by atoms with Crippen LogP contribution in [0.2, 0.25) is 0 Å². The van der Waals surface area contributed by atoms with Crippen LogP contribution < -0.4 is 0 Å². The molecule has 0 fully saturated rings. The largest absolute Gasteiger partial charge is 0.358 e. The van der Waals surface area contributed by atoms with Gasteiger partial charge in [0.15, 0.2) is 0 Å². The van der Waals surface area contributed by atoms with Gasteiger partial charge >= 0.3 is 0 Å². The van der Waals surface area contributed by atoms with E-state index in [1.807, 2.05) is 0 Å². The molecule has 0 spiro atoms. The Bertz CT molecular complexity index is 528. The zero-order chi connectivity index (χ0) is 12.1. The van der Waals surface area contributed by atoms with Gasteiger partial charge in [-0.1, -0.05) is 31.5 Å². The highest BCUT2D eigenvalue weighted by Crippen LogP contribution is 2.24. The molecule has 0 amide bonds. The monoisotopic (exact) mass is 225 g/mol. The van der Waals surface area contributed by atoms with Crippen LogP contribution in [-0.2, 0) is 12.8 Å². The molecule has 0 bridgehead atoms. The molecule has 0 atom stereocenters. The number of aryl methyl sites for hydroxylation is 2. The fraction of sp³-hybridized carbons (Fsp3) is 0.375. The maximum Gasteiger partial charge on any atom is 0.0458 e. The van der Waals surface area contributed by atoms with Gasteiger partial charge < -0.3 is 4.98 Å². The summed E-state index contributed by atoms with van der Waals surface area (Å²) in [4.78, 5) is 3.54. The van der Waals surface area contributed by atoms with E-state index in [-0.39, 0.29) is 0 Å². The van der Waals surface area contributed by atoms with Gasteiger partial charge in [-0.05, 0) is 30.9 Å². The highest BCUT2D eigenvalue weighted by atomic mass is 14.7. The molecule has 0 unspecified atom stereocenters. The molecule has 2 rings (SSSR count). The molecular formula is C16H19N.